The van der Waals surface area contributed by atoms with Crippen molar-refractivity contribution in [3.63, 3.8) is 0 Å². The summed E-state index contributed by atoms with van der Waals surface area (Å²) in [5.74, 6) is 0.543. The first-order chi connectivity index (χ1) is 11.5. The molecule has 0 bridgehead atoms. The van der Waals surface area contributed by atoms with E-state index in [2.05, 4.69) is 10.5 Å². The molecule has 0 saturated carbocycles. The lowest BCUT2D eigenvalue weighted by atomic mass is 10.2. The number of aromatic nitrogens is 1. The van der Waals surface area contributed by atoms with E-state index in [4.69, 9.17) is 4.52 Å². The van der Waals surface area contributed by atoms with Crippen LogP contribution in [0.2, 0.25) is 0 Å². The van der Waals surface area contributed by atoms with E-state index in [1.807, 2.05) is 0 Å². The van der Waals surface area contributed by atoms with Gasteiger partial charge in [0.15, 0.2) is 5.82 Å². The molecule has 0 radical (unpaired) electrons. The van der Waals surface area contributed by atoms with Gasteiger partial charge in [0.05, 0.1) is 4.90 Å². The highest BCUT2D eigenvalue weighted by Crippen LogP contribution is 2.21. The van der Waals surface area contributed by atoms with E-state index in [9.17, 15) is 13.2 Å². The molecule has 24 heavy (non-hydrogen) atoms. The number of anilines is 1. The van der Waals surface area contributed by atoms with Gasteiger partial charge in [-0.05, 0) is 44.0 Å². The molecule has 1 aliphatic heterocycles. The van der Waals surface area contributed by atoms with E-state index in [0.717, 1.165) is 19.3 Å². The van der Waals surface area contributed by atoms with Crippen LogP contribution >= 0.6 is 0 Å². The van der Waals surface area contributed by atoms with E-state index in [1.165, 1.54) is 28.6 Å². The molecule has 1 aromatic heterocycles. The van der Waals surface area contributed by atoms with Crippen molar-refractivity contribution in [2.24, 2.45) is 0 Å². The van der Waals surface area contributed by atoms with Gasteiger partial charge in [-0.2, -0.15) is 4.31 Å². The Morgan fingerprint density at radius 1 is 1.17 bits per heavy atom. The van der Waals surface area contributed by atoms with Gasteiger partial charge >= 0.3 is 0 Å². The first-order valence-electron chi connectivity index (χ1n) is 7.82. The molecular weight excluding hydrogens is 330 g/mol. The Morgan fingerprint density at radius 3 is 2.42 bits per heavy atom. The third-order valence-electron chi connectivity index (χ3n) is 3.94. The zero-order valence-corrected chi connectivity index (χ0v) is 14.2. The Kier molecular flexibility index (Phi) is 4.68. The summed E-state index contributed by atoms with van der Waals surface area (Å²) in [6.45, 7) is 2.83. The average molecular weight is 349 g/mol. The number of carbonyl (C=O) groups excluding carboxylic acids is 1. The minimum atomic E-state index is -3.49. The molecule has 1 amide bonds. The minimum absolute atomic E-state index is 0.207. The summed E-state index contributed by atoms with van der Waals surface area (Å²) in [5, 5.41) is 6.29. The summed E-state index contributed by atoms with van der Waals surface area (Å²) in [6, 6.07) is 7.53. The molecule has 7 nitrogen and oxygen atoms in total. The van der Waals surface area contributed by atoms with Gasteiger partial charge in [-0.1, -0.05) is 11.6 Å². The first kappa shape index (κ1) is 16.7. The summed E-state index contributed by atoms with van der Waals surface area (Å²) in [4.78, 5) is 12.3. The van der Waals surface area contributed by atoms with E-state index in [0.29, 0.717) is 30.2 Å². The van der Waals surface area contributed by atoms with Crippen LogP contribution in [0.3, 0.4) is 0 Å². The fourth-order valence-corrected chi connectivity index (χ4v) is 4.16. The fourth-order valence-electron chi connectivity index (χ4n) is 2.65. The van der Waals surface area contributed by atoms with Gasteiger partial charge in [-0.15, -0.1) is 0 Å². The van der Waals surface area contributed by atoms with Crippen molar-refractivity contribution in [2.75, 3.05) is 18.4 Å². The van der Waals surface area contributed by atoms with Crippen LogP contribution in [-0.2, 0) is 10.0 Å². The van der Waals surface area contributed by atoms with Crippen molar-refractivity contribution < 1.29 is 17.7 Å². The van der Waals surface area contributed by atoms with Crippen LogP contribution in [-0.4, -0.2) is 36.9 Å². The molecule has 1 saturated heterocycles. The van der Waals surface area contributed by atoms with Crippen molar-refractivity contribution in [2.45, 2.75) is 31.1 Å². The number of amides is 1. The number of aryl methyl sites for hydroxylation is 1. The second-order valence-corrected chi connectivity index (χ2v) is 7.70. The summed E-state index contributed by atoms with van der Waals surface area (Å²) in [6.07, 6.45) is 2.83. The molecule has 0 spiro atoms. The summed E-state index contributed by atoms with van der Waals surface area (Å²) < 4.78 is 31.5. The van der Waals surface area contributed by atoms with Crippen molar-refractivity contribution in [1.29, 1.82) is 0 Å². The second kappa shape index (κ2) is 6.74. The number of rotatable bonds is 4. The van der Waals surface area contributed by atoms with Gasteiger partial charge in [0.25, 0.3) is 5.91 Å². The number of piperidine rings is 1. The van der Waals surface area contributed by atoms with Crippen LogP contribution in [0, 0.1) is 6.92 Å². The van der Waals surface area contributed by atoms with Crippen molar-refractivity contribution in [3.8, 4) is 0 Å². The van der Waals surface area contributed by atoms with Crippen LogP contribution in [0.25, 0.3) is 0 Å². The number of hydrogen-bond acceptors (Lipinski definition) is 5. The van der Waals surface area contributed by atoms with E-state index >= 15 is 0 Å². The first-order valence-corrected chi connectivity index (χ1v) is 9.26. The predicted molar refractivity (Wildman–Crippen MR) is 88.2 cm³/mol. The van der Waals surface area contributed by atoms with Crippen molar-refractivity contribution in [1.82, 2.24) is 9.46 Å². The molecular formula is C16H19N3O4S. The van der Waals surface area contributed by atoms with Gasteiger partial charge in [0, 0.05) is 24.7 Å². The van der Waals surface area contributed by atoms with Crippen LogP contribution in [0.5, 0.6) is 0 Å². The number of nitrogens with one attached hydrogen (secondary N) is 1. The van der Waals surface area contributed by atoms with Gasteiger partial charge < -0.3 is 9.84 Å². The lowest BCUT2D eigenvalue weighted by molar-refractivity contribution is 0.102. The topological polar surface area (TPSA) is 92.5 Å². The number of benzene rings is 1. The molecule has 1 fully saturated rings. The molecule has 8 heteroatoms. The standard InChI is InChI=1S/C16H19N3O4S/c1-12-11-15(18-23-12)17-16(20)13-5-7-14(8-6-13)24(21,22)19-9-3-2-4-10-19/h5-8,11H,2-4,9-10H2,1H3,(H,17,18,20). The molecule has 1 N–H and O–H groups in total. The van der Waals surface area contributed by atoms with E-state index in [-0.39, 0.29) is 10.8 Å². The molecule has 128 valence electrons. The molecule has 2 aromatic rings. The second-order valence-electron chi connectivity index (χ2n) is 5.77. The Labute approximate surface area is 140 Å². The SMILES string of the molecule is Cc1cc(NC(=O)c2ccc(S(=O)(=O)N3CCCCC3)cc2)no1. The van der Waals surface area contributed by atoms with Crippen molar-refractivity contribution in [3.05, 3.63) is 41.7 Å². The smallest absolute Gasteiger partial charge is 0.256 e. The number of carbonyl (C=O) groups is 1. The molecule has 1 aromatic carbocycles. The van der Waals surface area contributed by atoms with Crippen LogP contribution < -0.4 is 5.32 Å². The molecule has 2 heterocycles. The zero-order valence-electron chi connectivity index (χ0n) is 13.4. The Hall–Kier alpha value is -2.19. The lowest BCUT2D eigenvalue weighted by Gasteiger charge is -2.25. The van der Waals surface area contributed by atoms with Gasteiger partial charge in [0.2, 0.25) is 10.0 Å². The summed E-state index contributed by atoms with van der Waals surface area (Å²) >= 11 is 0. The van der Waals surface area contributed by atoms with E-state index < -0.39 is 10.0 Å². The Balaban J connectivity index is 1.73. The monoisotopic (exact) mass is 349 g/mol. The summed E-state index contributed by atoms with van der Waals surface area (Å²) in [5.41, 5.74) is 0.355. The van der Waals surface area contributed by atoms with Crippen LogP contribution in [0.15, 0.2) is 39.8 Å². The maximum atomic E-state index is 12.6. The molecule has 0 atom stereocenters. The Bertz CT molecular complexity index is 821. The largest absolute Gasteiger partial charge is 0.360 e. The molecule has 3 rings (SSSR count). The minimum Gasteiger partial charge on any atom is -0.360 e. The van der Waals surface area contributed by atoms with Gasteiger partial charge in [0.1, 0.15) is 5.76 Å². The molecule has 1 aliphatic rings. The number of nitrogens with zero attached hydrogens (tertiary/aromatic N) is 2. The highest BCUT2D eigenvalue weighted by molar-refractivity contribution is 7.89. The fraction of sp³-hybridized carbons (Fsp3) is 0.375. The molecule has 0 unspecified atom stereocenters. The highest BCUT2D eigenvalue weighted by Gasteiger charge is 2.25. The number of sulfonamides is 1. The third-order valence-corrected chi connectivity index (χ3v) is 5.85. The molecule has 0 aliphatic carbocycles. The zero-order chi connectivity index (χ0) is 17.2. The summed E-state index contributed by atoms with van der Waals surface area (Å²) in [7, 11) is -3.49. The maximum Gasteiger partial charge on any atom is 0.256 e. The highest BCUT2D eigenvalue weighted by atomic mass is 32.2. The quantitative estimate of drug-likeness (QED) is 0.915. The third kappa shape index (κ3) is 3.49. The maximum absolute atomic E-state index is 12.6. The normalized spacial score (nSPS) is 16.0. The Morgan fingerprint density at radius 2 is 1.83 bits per heavy atom. The lowest BCUT2D eigenvalue weighted by Crippen LogP contribution is -2.35. The average Bonchev–Trinajstić information content (AvgIpc) is 3.00. The van der Waals surface area contributed by atoms with Crippen molar-refractivity contribution >= 4 is 21.7 Å². The van der Waals surface area contributed by atoms with Gasteiger partial charge in [-0.25, -0.2) is 8.42 Å². The number of hydrogen-bond donors (Lipinski definition) is 1. The van der Waals surface area contributed by atoms with Crippen LogP contribution in [0.4, 0.5) is 5.82 Å². The van der Waals surface area contributed by atoms with E-state index in [1.54, 1.807) is 13.0 Å². The predicted octanol–water partition coefficient (Wildman–Crippen LogP) is 2.41. The van der Waals surface area contributed by atoms with Crippen LogP contribution in [0.1, 0.15) is 35.4 Å². The van der Waals surface area contributed by atoms with Gasteiger partial charge in [-0.3, -0.25) is 4.79 Å².